The number of rotatable bonds is 8. The van der Waals surface area contributed by atoms with Crippen LogP contribution < -0.4 is 11.1 Å². The van der Waals surface area contributed by atoms with Crippen molar-refractivity contribution in [1.82, 2.24) is 10.2 Å². The van der Waals surface area contributed by atoms with Gasteiger partial charge in [-0.15, -0.1) is 0 Å². The molecule has 0 bridgehead atoms. The quantitative estimate of drug-likeness (QED) is 0.206. The van der Waals surface area contributed by atoms with Gasteiger partial charge in [-0.1, -0.05) is 19.0 Å². The van der Waals surface area contributed by atoms with Crippen molar-refractivity contribution in [3.05, 3.63) is 0 Å². The lowest BCUT2D eigenvalue weighted by molar-refractivity contribution is 0.0601. The van der Waals surface area contributed by atoms with E-state index in [4.69, 9.17) is 10.9 Å². The summed E-state index contributed by atoms with van der Waals surface area (Å²) in [5.74, 6) is 0.316. The van der Waals surface area contributed by atoms with E-state index in [9.17, 15) is 0 Å². The number of nitrogens with two attached hydrogens (primary N) is 1. The Morgan fingerprint density at radius 3 is 2.47 bits per heavy atom. The average molecular weight is 270 g/mol. The van der Waals surface area contributed by atoms with Crippen LogP contribution in [0.4, 0.5) is 0 Å². The first-order valence-corrected chi connectivity index (χ1v) is 7.20. The molecule has 5 nitrogen and oxygen atoms in total. The Morgan fingerprint density at radius 2 is 2.05 bits per heavy atom. The smallest absolute Gasteiger partial charge is 0.144 e. The number of nitrogens with zero attached hydrogens (tertiary/aromatic N) is 2. The Morgan fingerprint density at radius 1 is 1.42 bits per heavy atom. The summed E-state index contributed by atoms with van der Waals surface area (Å²) in [6.45, 7) is 6.06. The van der Waals surface area contributed by atoms with Crippen molar-refractivity contribution in [2.75, 3.05) is 27.2 Å². The third-order valence-electron chi connectivity index (χ3n) is 4.64. The van der Waals surface area contributed by atoms with Crippen LogP contribution in [0.3, 0.4) is 0 Å². The lowest BCUT2D eigenvalue weighted by atomic mass is 9.75. The third kappa shape index (κ3) is 4.08. The standard InChI is InChI=1S/C14H30N4O/c1-13(2,12(15)17-19)7-6-10-16-11-14(18(3)4)8-5-9-14/h16,19H,5-11H2,1-4H3,(H2,15,17). The van der Waals surface area contributed by atoms with Gasteiger partial charge in [0.05, 0.1) is 0 Å². The molecule has 5 heteroatoms. The van der Waals surface area contributed by atoms with Crippen LogP contribution in [0.15, 0.2) is 5.16 Å². The fourth-order valence-electron chi connectivity index (χ4n) is 2.61. The van der Waals surface area contributed by atoms with E-state index in [1.54, 1.807) is 0 Å². The maximum absolute atomic E-state index is 8.72. The van der Waals surface area contributed by atoms with Gasteiger partial charge in [0.1, 0.15) is 5.84 Å². The van der Waals surface area contributed by atoms with E-state index in [0.717, 1.165) is 25.9 Å². The predicted octanol–water partition coefficient (Wildman–Crippen LogP) is 1.61. The van der Waals surface area contributed by atoms with Crippen LogP contribution in [0.25, 0.3) is 0 Å². The number of likely N-dealkylation sites (N-methyl/N-ethyl adjacent to an activating group) is 1. The summed E-state index contributed by atoms with van der Waals surface area (Å²) in [6, 6.07) is 0. The lowest BCUT2D eigenvalue weighted by Gasteiger charge is -2.47. The molecule has 1 fully saturated rings. The van der Waals surface area contributed by atoms with Gasteiger partial charge >= 0.3 is 0 Å². The van der Waals surface area contributed by atoms with Crippen LogP contribution >= 0.6 is 0 Å². The van der Waals surface area contributed by atoms with Crippen LogP contribution in [0, 0.1) is 5.41 Å². The van der Waals surface area contributed by atoms with E-state index < -0.39 is 0 Å². The van der Waals surface area contributed by atoms with E-state index >= 15 is 0 Å². The summed E-state index contributed by atoms with van der Waals surface area (Å²) in [5, 5.41) is 15.4. The maximum atomic E-state index is 8.72. The molecule has 1 aliphatic carbocycles. The van der Waals surface area contributed by atoms with E-state index in [1.807, 2.05) is 13.8 Å². The monoisotopic (exact) mass is 270 g/mol. The molecular formula is C14H30N4O. The van der Waals surface area contributed by atoms with Crippen LogP contribution in [0.5, 0.6) is 0 Å². The molecule has 1 aliphatic rings. The second-order valence-electron chi connectivity index (χ2n) is 6.62. The number of oxime groups is 1. The first-order chi connectivity index (χ1) is 8.84. The first-order valence-electron chi connectivity index (χ1n) is 7.20. The second kappa shape index (κ2) is 6.57. The Hall–Kier alpha value is -0.810. The van der Waals surface area contributed by atoms with Crippen molar-refractivity contribution >= 4 is 5.84 Å². The maximum Gasteiger partial charge on any atom is 0.144 e. The van der Waals surface area contributed by atoms with Gasteiger partial charge < -0.3 is 21.2 Å². The van der Waals surface area contributed by atoms with Gasteiger partial charge in [0, 0.05) is 17.5 Å². The van der Waals surface area contributed by atoms with Crippen molar-refractivity contribution < 1.29 is 5.21 Å². The summed E-state index contributed by atoms with van der Waals surface area (Å²) in [5.41, 5.74) is 5.82. The molecular weight excluding hydrogens is 240 g/mol. The van der Waals surface area contributed by atoms with E-state index in [-0.39, 0.29) is 5.41 Å². The largest absolute Gasteiger partial charge is 0.409 e. The molecule has 0 aliphatic heterocycles. The molecule has 19 heavy (non-hydrogen) atoms. The van der Waals surface area contributed by atoms with Crippen molar-refractivity contribution in [2.45, 2.75) is 51.5 Å². The minimum Gasteiger partial charge on any atom is -0.409 e. The molecule has 0 amide bonds. The van der Waals surface area contributed by atoms with E-state index in [2.05, 4.69) is 29.5 Å². The van der Waals surface area contributed by atoms with Gasteiger partial charge in [-0.05, 0) is 52.7 Å². The summed E-state index contributed by atoms with van der Waals surface area (Å²) in [6.07, 6.45) is 5.89. The third-order valence-corrected chi connectivity index (χ3v) is 4.64. The first kappa shape index (κ1) is 16.2. The summed E-state index contributed by atoms with van der Waals surface area (Å²) in [7, 11) is 4.34. The van der Waals surface area contributed by atoms with Crippen LogP contribution in [-0.2, 0) is 0 Å². The number of hydrogen-bond acceptors (Lipinski definition) is 4. The lowest BCUT2D eigenvalue weighted by Crippen LogP contribution is -2.56. The van der Waals surface area contributed by atoms with Crippen molar-refractivity contribution in [2.24, 2.45) is 16.3 Å². The molecule has 0 saturated heterocycles. The number of hydrogen-bond donors (Lipinski definition) is 3. The Kier molecular flexibility index (Phi) is 5.62. The van der Waals surface area contributed by atoms with Gasteiger partial charge in [-0.25, -0.2) is 0 Å². The highest BCUT2D eigenvalue weighted by molar-refractivity contribution is 5.85. The summed E-state index contributed by atoms with van der Waals surface area (Å²) >= 11 is 0. The Bertz CT molecular complexity index is 309. The average Bonchev–Trinajstić information content (AvgIpc) is 2.29. The van der Waals surface area contributed by atoms with Crippen LogP contribution in [0.1, 0.15) is 46.0 Å². The molecule has 112 valence electrons. The zero-order chi connectivity index (χ0) is 14.5. The summed E-state index contributed by atoms with van der Waals surface area (Å²) < 4.78 is 0. The molecule has 0 radical (unpaired) electrons. The molecule has 0 aromatic carbocycles. The Labute approximate surface area is 117 Å². The van der Waals surface area contributed by atoms with E-state index in [1.165, 1.54) is 19.3 Å². The predicted molar refractivity (Wildman–Crippen MR) is 79.6 cm³/mol. The van der Waals surface area contributed by atoms with E-state index in [0.29, 0.717) is 11.4 Å². The molecule has 1 saturated carbocycles. The molecule has 0 heterocycles. The van der Waals surface area contributed by atoms with Crippen molar-refractivity contribution in [3.8, 4) is 0 Å². The number of amidine groups is 1. The minimum absolute atomic E-state index is 0.230. The van der Waals surface area contributed by atoms with Gasteiger partial charge in [-0.2, -0.15) is 0 Å². The number of nitrogens with one attached hydrogen (secondary N) is 1. The highest BCUT2D eigenvalue weighted by Gasteiger charge is 2.38. The molecule has 1 rings (SSSR count). The van der Waals surface area contributed by atoms with Crippen LogP contribution in [0.2, 0.25) is 0 Å². The zero-order valence-corrected chi connectivity index (χ0v) is 12.9. The SMILES string of the molecule is CN(C)C1(CNCCCC(C)(C)C(N)=NO)CCC1. The normalized spacial score (nSPS) is 19.5. The van der Waals surface area contributed by atoms with Gasteiger partial charge in [0.15, 0.2) is 0 Å². The highest BCUT2D eigenvalue weighted by atomic mass is 16.4. The molecule has 0 aromatic heterocycles. The van der Waals surface area contributed by atoms with Gasteiger partial charge in [-0.3, -0.25) is 0 Å². The van der Waals surface area contributed by atoms with Crippen LogP contribution in [-0.4, -0.2) is 48.7 Å². The fourth-order valence-corrected chi connectivity index (χ4v) is 2.61. The second-order valence-corrected chi connectivity index (χ2v) is 6.62. The van der Waals surface area contributed by atoms with Gasteiger partial charge in [0.25, 0.3) is 0 Å². The molecule has 0 spiro atoms. The fraction of sp³-hybridized carbons (Fsp3) is 0.929. The zero-order valence-electron chi connectivity index (χ0n) is 12.9. The summed E-state index contributed by atoms with van der Waals surface area (Å²) in [4.78, 5) is 2.35. The highest BCUT2D eigenvalue weighted by Crippen LogP contribution is 2.35. The topological polar surface area (TPSA) is 73.9 Å². The van der Waals surface area contributed by atoms with Gasteiger partial charge in [0.2, 0.25) is 0 Å². The molecule has 0 unspecified atom stereocenters. The molecule has 0 aromatic rings. The molecule has 0 atom stereocenters. The minimum atomic E-state index is -0.230. The van der Waals surface area contributed by atoms with Crippen molar-refractivity contribution in [3.63, 3.8) is 0 Å². The molecule has 4 N–H and O–H groups in total. The Balaban J connectivity index is 2.21. The van der Waals surface area contributed by atoms with Crippen molar-refractivity contribution in [1.29, 1.82) is 0 Å².